The summed E-state index contributed by atoms with van der Waals surface area (Å²) in [6, 6.07) is 6.60. The van der Waals surface area contributed by atoms with Gasteiger partial charge in [0.25, 0.3) is 5.69 Å². The first kappa shape index (κ1) is 19.2. The first-order valence-corrected chi connectivity index (χ1v) is 10.1. The summed E-state index contributed by atoms with van der Waals surface area (Å²) >= 11 is 1.53. The van der Waals surface area contributed by atoms with Crippen LogP contribution in [0.25, 0.3) is 11.3 Å². The zero-order valence-corrected chi connectivity index (χ0v) is 16.4. The van der Waals surface area contributed by atoms with E-state index in [-0.39, 0.29) is 10.6 Å². The number of nitrogens with zero attached hydrogens (tertiary/aromatic N) is 4. The number of benzene rings is 1. The van der Waals surface area contributed by atoms with Gasteiger partial charge in [0.05, 0.1) is 17.2 Å². The van der Waals surface area contributed by atoms with Crippen LogP contribution in [0.2, 0.25) is 0 Å². The van der Waals surface area contributed by atoms with Gasteiger partial charge >= 0.3 is 0 Å². The maximum Gasteiger partial charge on any atom is 0.269 e. The number of nitro groups is 1. The standard InChI is InChI=1S/C20H24N4O2S/c1-15(2)13-21-20-23(22-17-7-5-3-4-6-8-17)19(14-27-20)16-9-11-18(12-10-16)24(25)26/h9-12,14H,1,3-8,13H2,2H3. The van der Waals surface area contributed by atoms with Crippen LogP contribution in [0.1, 0.15) is 45.4 Å². The van der Waals surface area contributed by atoms with E-state index in [0.717, 1.165) is 34.5 Å². The molecular formula is C20H24N4O2S. The molecule has 0 atom stereocenters. The average molecular weight is 385 g/mol. The summed E-state index contributed by atoms with van der Waals surface area (Å²) < 4.78 is 1.90. The van der Waals surface area contributed by atoms with Crippen LogP contribution in [0.5, 0.6) is 0 Å². The van der Waals surface area contributed by atoms with E-state index >= 15 is 0 Å². The molecule has 0 spiro atoms. The zero-order chi connectivity index (χ0) is 19.2. The van der Waals surface area contributed by atoms with Gasteiger partial charge in [-0.1, -0.05) is 25.0 Å². The van der Waals surface area contributed by atoms with Gasteiger partial charge in [-0.3, -0.25) is 15.1 Å². The third-order valence-electron chi connectivity index (χ3n) is 4.47. The van der Waals surface area contributed by atoms with Gasteiger partial charge in [0.1, 0.15) is 0 Å². The molecule has 3 rings (SSSR count). The molecule has 0 N–H and O–H groups in total. The Morgan fingerprint density at radius 3 is 2.48 bits per heavy atom. The van der Waals surface area contributed by atoms with E-state index in [1.54, 1.807) is 12.1 Å². The monoisotopic (exact) mass is 384 g/mol. The molecule has 0 bridgehead atoms. The van der Waals surface area contributed by atoms with Crippen LogP contribution in [0.15, 0.2) is 51.9 Å². The van der Waals surface area contributed by atoms with E-state index < -0.39 is 0 Å². The Hall–Kier alpha value is -2.54. The summed E-state index contributed by atoms with van der Waals surface area (Å²) in [6.07, 6.45) is 6.90. The lowest BCUT2D eigenvalue weighted by atomic mass is 10.1. The topological polar surface area (TPSA) is 72.8 Å². The van der Waals surface area contributed by atoms with Crippen molar-refractivity contribution in [3.63, 3.8) is 0 Å². The van der Waals surface area contributed by atoms with Crippen molar-refractivity contribution < 1.29 is 4.92 Å². The fourth-order valence-corrected chi connectivity index (χ4v) is 3.87. The highest BCUT2D eigenvalue weighted by Gasteiger charge is 2.12. The van der Waals surface area contributed by atoms with E-state index in [1.165, 1.54) is 54.9 Å². The Morgan fingerprint density at radius 2 is 1.89 bits per heavy atom. The third kappa shape index (κ3) is 5.01. The summed E-state index contributed by atoms with van der Waals surface area (Å²) in [4.78, 5) is 16.0. The van der Waals surface area contributed by atoms with Crippen molar-refractivity contribution in [1.29, 1.82) is 0 Å². The van der Waals surface area contributed by atoms with Crippen LogP contribution < -0.4 is 4.80 Å². The van der Waals surface area contributed by atoms with E-state index in [4.69, 9.17) is 5.10 Å². The molecule has 1 aliphatic rings. The maximum atomic E-state index is 10.9. The largest absolute Gasteiger partial charge is 0.269 e. The molecule has 6 nitrogen and oxygen atoms in total. The minimum absolute atomic E-state index is 0.0859. The van der Waals surface area contributed by atoms with Crippen molar-refractivity contribution in [2.75, 3.05) is 6.54 Å². The molecule has 0 aliphatic heterocycles. The number of hydrogen-bond acceptors (Lipinski definition) is 5. The molecular weight excluding hydrogens is 360 g/mol. The molecule has 1 aromatic carbocycles. The van der Waals surface area contributed by atoms with Gasteiger partial charge in [-0.25, -0.2) is 4.68 Å². The maximum absolute atomic E-state index is 10.9. The summed E-state index contributed by atoms with van der Waals surface area (Å²) in [5.74, 6) is 0. The molecule has 1 fully saturated rings. The van der Waals surface area contributed by atoms with Gasteiger partial charge in [0.2, 0.25) is 4.80 Å². The van der Waals surface area contributed by atoms with Gasteiger partial charge in [-0.15, -0.1) is 11.3 Å². The first-order valence-electron chi connectivity index (χ1n) is 9.21. The molecule has 142 valence electrons. The highest BCUT2D eigenvalue weighted by molar-refractivity contribution is 7.07. The Morgan fingerprint density at radius 1 is 1.22 bits per heavy atom. The molecule has 1 aromatic heterocycles. The van der Waals surface area contributed by atoms with Crippen molar-refractivity contribution in [3.8, 4) is 11.3 Å². The third-order valence-corrected chi connectivity index (χ3v) is 5.32. The van der Waals surface area contributed by atoms with Gasteiger partial charge in [-0.05, 0) is 44.7 Å². The first-order chi connectivity index (χ1) is 13.0. The predicted octanol–water partition coefficient (Wildman–Crippen LogP) is 5.16. The smallest absolute Gasteiger partial charge is 0.258 e. The second-order valence-electron chi connectivity index (χ2n) is 6.87. The van der Waals surface area contributed by atoms with E-state index in [9.17, 15) is 10.1 Å². The molecule has 0 unspecified atom stereocenters. The predicted molar refractivity (Wildman–Crippen MR) is 110 cm³/mol. The van der Waals surface area contributed by atoms with Crippen molar-refractivity contribution in [2.24, 2.45) is 10.1 Å². The van der Waals surface area contributed by atoms with Crippen molar-refractivity contribution in [2.45, 2.75) is 45.4 Å². The fraction of sp³-hybridized carbons (Fsp3) is 0.400. The lowest BCUT2D eigenvalue weighted by Crippen LogP contribution is -2.15. The minimum Gasteiger partial charge on any atom is -0.258 e. The quantitative estimate of drug-likeness (QED) is 0.309. The average Bonchev–Trinajstić information content (AvgIpc) is 2.85. The Labute approximate surface area is 162 Å². The minimum atomic E-state index is -0.384. The van der Waals surface area contributed by atoms with Crippen LogP contribution >= 0.6 is 11.3 Å². The molecule has 1 saturated carbocycles. The van der Waals surface area contributed by atoms with Crippen LogP contribution in [0, 0.1) is 10.1 Å². The van der Waals surface area contributed by atoms with Gasteiger partial charge in [0, 0.05) is 28.8 Å². The van der Waals surface area contributed by atoms with E-state index in [1.807, 2.05) is 17.0 Å². The molecule has 27 heavy (non-hydrogen) atoms. The van der Waals surface area contributed by atoms with Gasteiger partial charge < -0.3 is 0 Å². The number of hydrogen-bond donors (Lipinski definition) is 0. The number of non-ortho nitro benzene ring substituents is 1. The highest BCUT2D eigenvalue weighted by Crippen LogP contribution is 2.24. The second kappa shape index (κ2) is 8.90. The van der Waals surface area contributed by atoms with Crippen LogP contribution in [-0.2, 0) is 0 Å². The molecule has 1 aliphatic carbocycles. The molecule has 1 heterocycles. The normalized spacial score (nSPS) is 15.4. The van der Waals surface area contributed by atoms with E-state index in [2.05, 4.69) is 11.6 Å². The molecule has 2 aromatic rings. The lowest BCUT2D eigenvalue weighted by Gasteiger charge is -2.07. The van der Waals surface area contributed by atoms with Gasteiger partial charge in [-0.2, -0.15) is 5.10 Å². The summed E-state index contributed by atoms with van der Waals surface area (Å²) in [7, 11) is 0. The van der Waals surface area contributed by atoms with Gasteiger partial charge in [0.15, 0.2) is 0 Å². The lowest BCUT2D eigenvalue weighted by molar-refractivity contribution is -0.384. The fourth-order valence-electron chi connectivity index (χ4n) is 3.04. The number of rotatable bonds is 5. The van der Waals surface area contributed by atoms with Crippen molar-refractivity contribution in [1.82, 2.24) is 4.68 Å². The Balaban J connectivity index is 2.05. The Kier molecular flexibility index (Phi) is 6.34. The molecule has 0 amide bonds. The second-order valence-corrected chi connectivity index (χ2v) is 7.71. The molecule has 0 radical (unpaired) electrons. The molecule has 7 heteroatoms. The SMILES string of the molecule is C=C(C)CN=c1scc(-c2ccc([N+](=O)[O-])cc2)n1N=C1CCCCCC1. The summed E-state index contributed by atoms with van der Waals surface area (Å²) in [5, 5.41) is 17.9. The van der Waals surface area contributed by atoms with Crippen LogP contribution in [0.3, 0.4) is 0 Å². The van der Waals surface area contributed by atoms with Crippen molar-refractivity contribution in [3.05, 3.63) is 56.7 Å². The van der Waals surface area contributed by atoms with Crippen LogP contribution in [0.4, 0.5) is 5.69 Å². The summed E-state index contributed by atoms with van der Waals surface area (Å²) in [5.41, 5.74) is 4.08. The number of thiazole rings is 1. The number of aromatic nitrogens is 1. The zero-order valence-electron chi connectivity index (χ0n) is 15.6. The number of nitro benzene ring substituents is 1. The van der Waals surface area contributed by atoms with E-state index in [0.29, 0.717) is 6.54 Å². The summed E-state index contributed by atoms with van der Waals surface area (Å²) in [6.45, 7) is 6.44. The molecule has 0 saturated heterocycles. The van der Waals surface area contributed by atoms with Crippen LogP contribution in [-0.4, -0.2) is 21.9 Å². The highest BCUT2D eigenvalue weighted by atomic mass is 32.1. The Bertz CT molecular complexity index is 912. The van der Waals surface area contributed by atoms with Crippen molar-refractivity contribution >= 4 is 22.7 Å².